The van der Waals surface area contributed by atoms with Crippen LogP contribution in [0.3, 0.4) is 0 Å². The lowest BCUT2D eigenvalue weighted by Crippen LogP contribution is -2.42. The van der Waals surface area contributed by atoms with Gasteiger partial charge < -0.3 is 5.32 Å². The lowest BCUT2D eigenvalue weighted by molar-refractivity contribution is -0.131. The minimum absolute atomic E-state index is 0.126. The Balaban J connectivity index is 1.46. The minimum Gasteiger partial charge on any atom is -0.319 e. The topological polar surface area (TPSA) is 49.4 Å². The number of carbonyl (C=O) groups is 2. The summed E-state index contributed by atoms with van der Waals surface area (Å²) in [5.74, 6) is 0.526. The molecule has 1 heterocycles. The Morgan fingerprint density at radius 3 is 2.68 bits per heavy atom. The second-order valence-electron chi connectivity index (χ2n) is 6.25. The van der Waals surface area contributed by atoms with E-state index in [1.807, 2.05) is 48.5 Å². The van der Waals surface area contributed by atoms with E-state index in [9.17, 15) is 9.59 Å². The number of amides is 3. The van der Waals surface area contributed by atoms with Crippen LogP contribution >= 0.6 is 23.4 Å². The molecule has 0 saturated carbocycles. The highest BCUT2D eigenvalue weighted by atomic mass is 35.5. The maximum atomic E-state index is 13.0. The normalized spacial score (nSPS) is 21.7. The molecule has 6 heteroatoms. The summed E-state index contributed by atoms with van der Waals surface area (Å²) >= 11 is 7.49. The zero-order valence-corrected chi connectivity index (χ0v) is 15.1. The number of urea groups is 1. The number of benzene rings is 2. The van der Waals surface area contributed by atoms with E-state index >= 15 is 0 Å². The SMILES string of the molecule is O=C1N[C@]2(CCc3ccccc32)C(=O)N1CCSc1ccc(Cl)cc1. The highest BCUT2D eigenvalue weighted by Crippen LogP contribution is 2.41. The van der Waals surface area contributed by atoms with E-state index in [0.29, 0.717) is 23.7 Å². The van der Waals surface area contributed by atoms with Crippen LogP contribution in [-0.2, 0) is 16.8 Å². The van der Waals surface area contributed by atoms with Crippen molar-refractivity contribution in [2.75, 3.05) is 12.3 Å². The van der Waals surface area contributed by atoms with Crippen molar-refractivity contribution in [2.24, 2.45) is 0 Å². The maximum absolute atomic E-state index is 13.0. The van der Waals surface area contributed by atoms with Crippen molar-refractivity contribution >= 4 is 35.3 Å². The Labute approximate surface area is 155 Å². The van der Waals surface area contributed by atoms with E-state index in [1.165, 1.54) is 4.90 Å². The van der Waals surface area contributed by atoms with Gasteiger partial charge in [0, 0.05) is 22.2 Å². The fraction of sp³-hybridized carbons (Fsp3) is 0.263. The predicted octanol–water partition coefficient (Wildman–Crippen LogP) is 3.83. The fourth-order valence-electron chi connectivity index (χ4n) is 3.58. The molecule has 2 aromatic rings. The van der Waals surface area contributed by atoms with Gasteiger partial charge in [-0.25, -0.2) is 4.79 Å². The first kappa shape index (κ1) is 16.5. The fourth-order valence-corrected chi connectivity index (χ4v) is 4.54. The summed E-state index contributed by atoms with van der Waals surface area (Å²) in [7, 11) is 0. The van der Waals surface area contributed by atoms with Crippen LogP contribution in [0.15, 0.2) is 53.4 Å². The van der Waals surface area contributed by atoms with Crippen LogP contribution in [0.1, 0.15) is 17.5 Å². The molecule has 2 aromatic carbocycles. The highest BCUT2D eigenvalue weighted by molar-refractivity contribution is 7.99. The second kappa shape index (κ2) is 6.39. The van der Waals surface area contributed by atoms with Crippen LogP contribution in [0.2, 0.25) is 5.02 Å². The Hall–Kier alpha value is -1.98. The van der Waals surface area contributed by atoms with E-state index < -0.39 is 5.54 Å². The average Bonchev–Trinajstić information content (AvgIpc) is 3.10. The Morgan fingerprint density at radius 2 is 1.88 bits per heavy atom. The minimum atomic E-state index is -0.862. The highest BCUT2D eigenvalue weighted by Gasteiger charge is 2.54. The van der Waals surface area contributed by atoms with Gasteiger partial charge >= 0.3 is 6.03 Å². The average molecular weight is 373 g/mol. The molecule has 1 saturated heterocycles. The zero-order chi connectivity index (χ0) is 17.4. The van der Waals surface area contributed by atoms with Crippen molar-refractivity contribution in [3.8, 4) is 0 Å². The summed E-state index contributed by atoms with van der Waals surface area (Å²) in [5.41, 5.74) is 1.23. The van der Waals surface area contributed by atoms with Gasteiger partial charge in [0.2, 0.25) is 0 Å². The molecule has 1 spiro atoms. The molecule has 4 nitrogen and oxygen atoms in total. The number of rotatable bonds is 4. The quantitative estimate of drug-likeness (QED) is 0.655. The summed E-state index contributed by atoms with van der Waals surface area (Å²) in [6, 6.07) is 15.1. The lowest BCUT2D eigenvalue weighted by Gasteiger charge is -2.22. The number of fused-ring (bicyclic) bond motifs is 2. The van der Waals surface area contributed by atoms with Crippen LogP contribution in [0.25, 0.3) is 0 Å². The number of imide groups is 1. The van der Waals surface area contributed by atoms with Crippen molar-refractivity contribution in [3.63, 3.8) is 0 Å². The molecule has 3 amide bonds. The summed E-state index contributed by atoms with van der Waals surface area (Å²) in [5, 5.41) is 3.65. The standard InChI is InChI=1S/C19H17ClN2O2S/c20-14-5-7-15(8-6-14)25-12-11-22-17(23)19(21-18(22)24)10-9-13-3-1-2-4-16(13)19/h1-8H,9-12H2,(H,21,24)/t19-/m0/s1. The number of carbonyl (C=O) groups excluding carboxylic acids is 2. The number of hydrogen-bond donors (Lipinski definition) is 1. The number of halogens is 1. The molecule has 0 radical (unpaired) electrons. The second-order valence-corrected chi connectivity index (χ2v) is 7.86. The molecule has 4 rings (SSSR count). The van der Waals surface area contributed by atoms with Crippen LogP contribution in [0.5, 0.6) is 0 Å². The molecule has 1 fully saturated rings. The molecule has 1 aliphatic carbocycles. The number of aryl methyl sites for hydroxylation is 1. The Kier molecular flexibility index (Phi) is 4.21. The van der Waals surface area contributed by atoms with Gasteiger partial charge in [0.05, 0.1) is 0 Å². The molecule has 0 aromatic heterocycles. The van der Waals surface area contributed by atoms with Crippen molar-refractivity contribution in [1.29, 1.82) is 0 Å². The molecular weight excluding hydrogens is 356 g/mol. The first-order valence-electron chi connectivity index (χ1n) is 8.21. The molecule has 128 valence electrons. The van der Waals surface area contributed by atoms with Gasteiger partial charge in [-0.2, -0.15) is 0 Å². The van der Waals surface area contributed by atoms with E-state index in [4.69, 9.17) is 11.6 Å². The zero-order valence-electron chi connectivity index (χ0n) is 13.5. The molecule has 25 heavy (non-hydrogen) atoms. The van der Waals surface area contributed by atoms with Crippen LogP contribution < -0.4 is 5.32 Å². The molecular formula is C19H17ClN2O2S. The van der Waals surface area contributed by atoms with Crippen LogP contribution in [0, 0.1) is 0 Å². The van der Waals surface area contributed by atoms with E-state index in [0.717, 1.165) is 22.4 Å². The Morgan fingerprint density at radius 1 is 1.12 bits per heavy atom. The smallest absolute Gasteiger partial charge is 0.319 e. The lowest BCUT2D eigenvalue weighted by atomic mass is 9.92. The largest absolute Gasteiger partial charge is 0.325 e. The van der Waals surface area contributed by atoms with Gasteiger partial charge in [0.15, 0.2) is 0 Å². The van der Waals surface area contributed by atoms with E-state index in [2.05, 4.69) is 5.32 Å². The molecule has 0 bridgehead atoms. The molecule has 0 unspecified atom stereocenters. The monoisotopic (exact) mass is 372 g/mol. The first-order chi connectivity index (χ1) is 12.1. The van der Waals surface area contributed by atoms with Gasteiger partial charge in [-0.3, -0.25) is 9.69 Å². The predicted molar refractivity (Wildman–Crippen MR) is 98.9 cm³/mol. The van der Waals surface area contributed by atoms with E-state index in [1.54, 1.807) is 11.8 Å². The first-order valence-corrected chi connectivity index (χ1v) is 9.57. The van der Waals surface area contributed by atoms with Crippen molar-refractivity contribution in [3.05, 3.63) is 64.7 Å². The van der Waals surface area contributed by atoms with Crippen molar-refractivity contribution in [1.82, 2.24) is 10.2 Å². The number of thioether (sulfide) groups is 1. The number of nitrogens with one attached hydrogen (secondary N) is 1. The molecule has 1 atom stereocenters. The molecule has 1 N–H and O–H groups in total. The van der Waals surface area contributed by atoms with Gasteiger partial charge in [-0.15, -0.1) is 11.8 Å². The maximum Gasteiger partial charge on any atom is 0.325 e. The third-order valence-corrected chi connectivity index (χ3v) is 6.06. The third-order valence-electron chi connectivity index (χ3n) is 4.82. The Bertz CT molecular complexity index is 840. The van der Waals surface area contributed by atoms with Crippen LogP contribution in [-0.4, -0.2) is 29.1 Å². The molecule has 1 aliphatic heterocycles. The van der Waals surface area contributed by atoms with Gasteiger partial charge in [-0.1, -0.05) is 35.9 Å². The summed E-state index contributed by atoms with van der Waals surface area (Å²) in [4.78, 5) is 27.8. The van der Waals surface area contributed by atoms with Gasteiger partial charge in [0.1, 0.15) is 5.54 Å². The number of hydrogen-bond acceptors (Lipinski definition) is 3. The van der Waals surface area contributed by atoms with Crippen molar-refractivity contribution < 1.29 is 9.59 Å². The molecule has 2 aliphatic rings. The van der Waals surface area contributed by atoms with Crippen LogP contribution in [0.4, 0.5) is 4.79 Å². The summed E-state index contributed by atoms with van der Waals surface area (Å²) < 4.78 is 0. The van der Waals surface area contributed by atoms with E-state index in [-0.39, 0.29) is 11.9 Å². The third kappa shape index (κ3) is 2.81. The van der Waals surface area contributed by atoms with Gasteiger partial charge in [-0.05, 0) is 48.2 Å². The summed E-state index contributed by atoms with van der Waals surface area (Å²) in [6.07, 6.45) is 1.45. The van der Waals surface area contributed by atoms with Gasteiger partial charge in [0.25, 0.3) is 5.91 Å². The van der Waals surface area contributed by atoms with Crippen molar-refractivity contribution in [2.45, 2.75) is 23.3 Å². The number of nitrogens with zero attached hydrogens (tertiary/aromatic N) is 1. The summed E-state index contributed by atoms with van der Waals surface area (Å²) in [6.45, 7) is 0.391.